The molecule has 0 unspecified atom stereocenters. The summed E-state index contributed by atoms with van der Waals surface area (Å²) in [5.41, 5.74) is 1.27. The van der Waals surface area contributed by atoms with Crippen LogP contribution in [0.25, 0.3) is 11.0 Å². The Morgan fingerprint density at radius 3 is 2.25 bits per heavy atom. The van der Waals surface area contributed by atoms with Crippen LogP contribution in [0.1, 0.15) is 10.4 Å². The van der Waals surface area contributed by atoms with Gasteiger partial charge in [-0.15, -0.1) is 0 Å². The number of hydrogen-bond donors (Lipinski definition) is 1. The molecule has 1 aromatic heterocycles. The fourth-order valence-corrected chi connectivity index (χ4v) is 2.18. The zero-order valence-corrected chi connectivity index (χ0v) is 10.3. The van der Waals surface area contributed by atoms with E-state index in [0.29, 0.717) is 15.5 Å². The lowest BCUT2D eigenvalue weighted by molar-refractivity contribution is 0.0696. The third-order valence-corrected chi connectivity index (χ3v) is 3.25. The lowest BCUT2D eigenvalue weighted by Gasteiger charge is -2.01. The molecule has 0 aliphatic rings. The number of halogens is 1. The molecule has 84 valence electrons. The Bertz CT molecular complexity index is 654. The van der Waals surface area contributed by atoms with Crippen molar-refractivity contribution < 1.29 is 9.90 Å². The molecule has 0 saturated carbocycles. The smallest absolute Gasteiger partial charge is 0.336 e. The van der Waals surface area contributed by atoms with Crippen LogP contribution in [0.4, 0.5) is 0 Å². The second kappa shape index (κ2) is 3.48. The van der Waals surface area contributed by atoms with Gasteiger partial charge in [0.2, 0.25) is 0 Å². The molecule has 1 aromatic carbocycles. The molecule has 0 atom stereocenters. The first-order valence-corrected chi connectivity index (χ1v) is 5.31. The highest BCUT2D eigenvalue weighted by Crippen LogP contribution is 2.23. The number of hydrogen-bond acceptors (Lipinski definition) is 2. The number of aromatic carboxylic acids is 1. The molecular weight excluding hydrogens is 276 g/mol. The predicted molar refractivity (Wildman–Crippen MR) is 62.8 cm³/mol. The Morgan fingerprint density at radius 1 is 1.25 bits per heavy atom. The maximum absolute atomic E-state index is 11.6. The summed E-state index contributed by atoms with van der Waals surface area (Å²) in [5.74, 6) is -1.02. The lowest BCUT2D eigenvalue weighted by Crippen LogP contribution is -2.19. The Hall–Kier alpha value is -1.56. The van der Waals surface area contributed by atoms with Crippen LogP contribution in [0, 0.1) is 0 Å². The molecule has 2 aromatic rings. The number of benzene rings is 1. The maximum Gasteiger partial charge on any atom is 0.336 e. The van der Waals surface area contributed by atoms with Crippen LogP contribution >= 0.6 is 15.9 Å². The van der Waals surface area contributed by atoms with Gasteiger partial charge in [0.1, 0.15) is 0 Å². The van der Waals surface area contributed by atoms with Gasteiger partial charge in [0.05, 0.1) is 16.6 Å². The number of carboxylic acid groups (broad SMARTS) is 1. The monoisotopic (exact) mass is 284 g/mol. The number of aromatic nitrogens is 2. The molecule has 1 N–H and O–H groups in total. The predicted octanol–water partition coefficient (Wildman–Crippen LogP) is 1.34. The third kappa shape index (κ3) is 1.37. The summed E-state index contributed by atoms with van der Waals surface area (Å²) in [6.45, 7) is 0. The summed E-state index contributed by atoms with van der Waals surface area (Å²) in [7, 11) is 3.27. The van der Waals surface area contributed by atoms with E-state index in [4.69, 9.17) is 5.11 Å². The SMILES string of the molecule is Cn1c(=O)n(C)c2cc(C(=O)O)c(Br)cc21. The second-order valence-electron chi connectivity index (χ2n) is 3.53. The number of rotatable bonds is 1. The van der Waals surface area contributed by atoms with E-state index in [1.807, 2.05) is 0 Å². The molecule has 0 fully saturated rings. The molecule has 0 aliphatic carbocycles. The summed E-state index contributed by atoms with van der Waals surface area (Å²) in [5, 5.41) is 8.97. The molecule has 0 saturated heterocycles. The first-order chi connectivity index (χ1) is 7.43. The molecule has 2 rings (SSSR count). The molecule has 16 heavy (non-hydrogen) atoms. The first-order valence-electron chi connectivity index (χ1n) is 4.51. The quantitative estimate of drug-likeness (QED) is 0.860. The van der Waals surface area contributed by atoms with Gasteiger partial charge in [-0.2, -0.15) is 0 Å². The van der Waals surface area contributed by atoms with Gasteiger partial charge in [-0.05, 0) is 28.1 Å². The molecule has 0 spiro atoms. The number of fused-ring (bicyclic) bond motifs is 1. The molecule has 0 amide bonds. The molecule has 0 bridgehead atoms. The van der Waals surface area contributed by atoms with Gasteiger partial charge in [-0.25, -0.2) is 9.59 Å². The Kier molecular flexibility index (Phi) is 2.38. The van der Waals surface area contributed by atoms with Gasteiger partial charge in [-0.3, -0.25) is 9.13 Å². The minimum absolute atomic E-state index is 0.147. The summed E-state index contributed by atoms with van der Waals surface area (Å²) in [6, 6.07) is 3.13. The van der Waals surface area contributed by atoms with Crippen LogP contribution in [0.3, 0.4) is 0 Å². The van der Waals surface area contributed by atoms with Gasteiger partial charge >= 0.3 is 11.7 Å². The minimum Gasteiger partial charge on any atom is -0.478 e. The zero-order valence-electron chi connectivity index (χ0n) is 8.69. The number of carboxylic acids is 1. The van der Waals surface area contributed by atoms with E-state index >= 15 is 0 Å². The average molecular weight is 285 g/mol. The largest absolute Gasteiger partial charge is 0.478 e. The summed E-state index contributed by atoms with van der Waals surface area (Å²) >= 11 is 3.18. The molecule has 0 radical (unpaired) electrons. The van der Waals surface area contributed by atoms with Crippen molar-refractivity contribution in [2.75, 3.05) is 0 Å². The minimum atomic E-state index is -1.02. The third-order valence-electron chi connectivity index (χ3n) is 2.59. The summed E-state index contributed by atoms with van der Waals surface area (Å²) in [4.78, 5) is 22.6. The summed E-state index contributed by atoms with van der Waals surface area (Å²) in [6.07, 6.45) is 0. The van der Waals surface area contributed by atoms with Crippen LogP contribution in [-0.4, -0.2) is 20.2 Å². The van der Waals surface area contributed by atoms with E-state index < -0.39 is 5.97 Å². The Morgan fingerprint density at radius 2 is 1.75 bits per heavy atom. The molecule has 0 aliphatic heterocycles. The van der Waals surface area contributed by atoms with Crippen LogP contribution in [0.15, 0.2) is 21.4 Å². The van der Waals surface area contributed by atoms with Gasteiger partial charge in [0.25, 0.3) is 0 Å². The second-order valence-corrected chi connectivity index (χ2v) is 4.38. The number of imidazole rings is 1. The van der Waals surface area contributed by atoms with Crippen molar-refractivity contribution in [1.29, 1.82) is 0 Å². The van der Waals surface area contributed by atoms with Crippen molar-refractivity contribution in [2.24, 2.45) is 14.1 Å². The highest BCUT2D eigenvalue weighted by atomic mass is 79.9. The number of nitrogens with zero attached hydrogens (tertiary/aromatic N) is 2. The van der Waals surface area contributed by atoms with Gasteiger partial charge < -0.3 is 5.11 Å². The fourth-order valence-electron chi connectivity index (χ4n) is 1.68. The molecule has 6 heteroatoms. The number of aryl methyl sites for hydroxylation is 2. The van der Waals surface area contributed by atoms with Crippen molar-refractivity contribution in [3.8, 4) is 0 Å². The van der Waals surface area contributed by atoms with Crippen LogP contribution in [0.5, 0.6) is 0 Å². The fraction of sp³-hybridized carbons (Fsp3) is 0.200. The molecular formula is C10H9BrN2O3. The summed E-state index contributed by atoms with van der Waals surface area (Å²) < 4.78 is 3.37. The van der Waals surface area contributed by atoms with Crippen molar-refractivity contribution in [3.63, 3.8) is 0 Å². The highest BCUT2D eigenvalue weighted by molar-refractivity contribution is 9.10. The van der Waals surface area contributed by atoms with Crippen LogP contribution < -0.4 is 5.69 Å². The van der Waals surface area contributed by atoms with Gasteiger partial charge in [0, 0.05) is 18.6 Å². The van der Waals surface area contributed by atoms with Crippen LogP contribution in [0.2, 0.25) is 0 Å². The number of carbonyl (C=O) groups is 1. The first kappa shape index (κ1) is 10.9. The Balaban J connectivity index is 2.96. The van der Waals surface area contributed by atoms with Crippen molar-refractivity contribution in [1.82, 2.24) is 9.13 Å². The Labute approximate surface area is 99.0 Å². The lowest BCUT2D eigenvalue weighted by atomic mass is 10.2. The zero-order chi connectivity index (χ0) is 12.0. The molecule has 5 nitrogen and oxygen atoms in total. The van der Waals surface area contributed by atoms with Gasteiger partial charge in [0.15, 0.2) is 0 Å². The average Bonchev–Trinajstić information content (AvgIpc) is 2.43. The van der Waals surface area contributed by atoms with Crippen molar-refractivity contribution in [3.05, 3.63) is 32.7 Å². The highest BCUT2D eigenvalue weighted by Gasteiger charge is 2.14. The van der Waals surface area contributed by atoms with E-state index in [1.165, 1.54) is 15.2 Å². The normalized spacial score (nSPS) is 10.9. The van der Waals surface area contributed by atoms with Crippen molar-refractivity contribution in [2.45, 2.75) is 0 Å². The van der Waals surface area contributed by atoms with Crippen LogP contribution in [-0.2, 0) is 14.1 Å². The van der Waals surface area contributed by atoms with Crippen molar-refractivity contribution >= 4 is 32.9 Å². The molecule has 1 heterocycles. The van der Waals surface area contributed by atoms with Gasteiger partial charge in [-0.1, -0.05) is 0 Å². The van der Waals surface area contributed by atoms with E-state index in [-0.39, 0.29) is 11.3 Å². The van der Waals surface area contributed by atoms with E-state index in [9.17, 15) is 9.59 Å². The van der Waals surface area contributed by atoms with E-state index in [2.05, 4.69) is 15.9 Å². The van der Waals surface area contributed by atoms with E-state index in [0.717, 1.165) is 0 Å². The topological polar surface area (TPSA) is 64.2 Å². The van der Waals surface area contributed by atoms with E-state index in [1.54, 1.807) is 20.2 Å². The maximum atomic E-state index is 11.6. The standard InChI is InChI=1S/C10H9BrN2O3/c1-12-7-3-5(9(14)15)6(11)4-8(7)13(2)10(12)16/h3-4H,1-2H3,(H,14,15).